The lowest BCUT2D eigenvalue weighted by Gasteiger charge is -2.27. The lowest BCUT2D eigenvalue weighted by molar-refractivity contribution is -0.134. The fraction of sp³-hybridized carbons (Fsp3) is 0.474. The highest BCUT2D eigenvalue weighted by Crippen LogP contribution is 2.25. The fourth-order valence-electron chi connectivity index (χ4n) is 3.94. The Labute approximate surface area is 156 Å². The number of nitrogens with zero attached hydrogens (tertiary/aromatic N) is 4. The first-order chi connectivity index (χ1) is 13.0. The molecule has 1 aromatic heterocycles. The first kappa shape index (κ1) is 17.5. The zero-order valence-electron chi connectivity index (χ0n) is 15.0. The molecule has 2 aliphatic heterocycles. The van der Waals surface area contributed by atoms with Crippen molar-refractivity contribution in [3.8, 4) is 0 Å². The number of aromatic nitrogens is 3. The van der Waals surface area contributed by atoms with Crippen LogP contribution in [-0.4, -0.2) is 49.3 Å². The van der Waals surface area contributed by atoms with E-state index < -0.39 is 12.0 Å². The number of likely N-dealkylation sites (tertiary alicyclic amines) is 1. The molecule has 0 saturated carbocycles. The van der Waals surface area contributed by atoms with Crippen molar-refractivity contribution >= 4 is 11.9 Å². The summed E-state index contributed by atoms with van der Waals surface area (Å²) in [6, 6.07) is 5.93. The highest BCUT2D eigenvalue weighted by molar-refractivity contribution is 5.87. The van der Waals surface area contributed by atoms with Gasteiger partial charge < -0.3 is 10.0 Å². The summed E-state index contributed by atoms with van der Waals surface area (Å²) in [7, 11) is 0. The summed E-state index contributed by atoms with van der Waals surface area (Å²) >= 11 is 0. The van der Waals surface area contributed by atoms with E-state index in [0.29, 0.717) is 18.7 Å². The van der Waals surface area contributed by atoms with Crippen molar-refractivity contribution in [2.24, 2.45) is 0 Å². The SMILES string of the molecule is O=C(O)c1ccc(Cn2nc3n(c2=O)C(C(=O)N2CCCC2)CCC3)cc1. The van der Waals surface area contributed by atoms with Gasteiger partial charge in [-0.15, -0.1) is 0 Å². The number of rotatable bonds is 4. The van der Waals surface area contributed by atoms with Crippen LogP contribution in [0, 0.1) is 0 Å². The number of carboxylic acid groups (broad SMARTS) is 1. The summed E-state index contributed by atoms with van der Waals surface area (Å²) in [5, 5.41) is 13.4. The van der Waals surface area contributed by atoms with E-state index in [9.17, 15) is 14.4 Å². The molecule has 8 nitrogen and oxygen atoms in total. The zero-order chi connectivity index (χ0) is 19.0. The van der Waals surface area contributed by atoms with Crippen molar-refractivity contribution in [2.45, 2.75) is 44.7 Å². The Bertz CT molecular complexity index is 922. The topological polar surface area (TPSA) is 97.4 Å². The van der Waals surface area contributed by atoms with E-state index in [1.54, 1.807) is 16.7 Å². The molecule has 142 valence electrons. The largest absolute Gasteiger partial charge is 0.478 e. The number of fused-ring (bicyclic) bond motifs is 1. The van der Waals surface area contributed by atoms with E-state index >= 15 is 0 Å². The quantitative estimate of drug-likeness (QED) is 0.875. The van der Waals surface area contributed by atoms with Gasteiger partial charge in [0.2, 0.25) is 5.91 Å². The lowest BCUT2D eigenvalue weighted by Crippen LogP contribution is -2.41. The Kier molecular flexibility index (Phi) is 4.55. The average Bonchev–Trinajstić information content (AvgIpc) is 3.31. The first-order valence-corrected chi connectivity index (χ1v) is 9.34. The average molecular weight is 370 g/mol. The van der Waals surface area contributed by atoms with E-state index in [0.717, 1.165) is 37.9 Å². The number of carbonyl (C=O) groups is 2. The van der Waals surface area contributed by atoms with Crippen LogP contribution in [0.4, 0.5) is 0 Å². The fourth-order valence-corrected chi connectivity index (χ4v) is 3.94. The minimum Gasteiger partial charge on any atom is -0.478 e. The number of aryl methyl sites for hydroxylation is 1. The minimum absolute atomic E-state index is 0.0286. The van der Waals surface area contributed by atoms with Gasteiger partial charge in [-0.1, -0.05) is 12.1 Å². The molecule has 1 fully saturated rings. The van der Waals surface area contributed by atoms with Gasteiger partial charge in [0.25, 0.3) is 0 Å². The molecule has 0 radical (unpaired) electrons. The van der Waals surface area contributed by atoms with E-state index in [2.05, 4.69) is 5.10 Å². The van der Waals surface area contributed by atoms with Crippen molar-refractivity contribution in [1.29, 1.82) is 0 Å². The van der Waals surface area contributed by atoms with Gasteiger partial charge in [0.05, 0.1) is 12.1 Å². The third-order valence-corrected chi connectivity index (χ3v) is 5.37. The summed E-state index contributed by atoms with van der Waals surface area (Å²) in [5.74, 6) is -0.300. The predicted molar refractivity (Wildman–Crippen MR) is 96.8 cm³/mol. The third kappa shape index (κ3) is 3.27. The molecule has 2 aromatic rings. The molecule has 1 aromatic carbocycles. The molecule has 4 rings (SSSR count). The Morgan fingerprint density at radius 3 is 2.48 bits per heavy atom. The van der Waals surface area contributed by atoms with Crippen LogP contribution in [0.15, 0.2) is 29.1 Å². The molecule has 2 aliphatic rings. The smallest absolute Gasteiger partial charge is 0.346 e. The molecule has 0 spiro atoms. The van der Waals surface area contributed by atoms with Crippen molar-refractivity contribution in [1.82, 2.24) is 19.2 Å². The van der Waals surface area contributed by atoms with Gasteiger partial charge in [-0.2, -0.15) is 5.10 Å². The van der Waals surface area contributed by atoms with Gasteiger partial charge in [0, 0.05) is 19.5 Å². The number of benzene rings is 1. The van der Waals surface area contributed by atoms with Gasteiger partial charge in [-0.05, 0) is 43.4 Å². The summed E-state index contributed by atoms with van der Waals surface area (Å²) in [6.07, 6.45) is 4.23. The van der Waals surface area contributed by atoms with Crippen molar-refractivity contribution in [2.75, 3.05) is 13.1 Å². The molecular formula is C19H22N4O4. The van der Waals surface area contributed by atoms with E-state index in [1.165, 1.54) is 16.8 Å². The van der Waals surface area contributed by atoms with Gasteiger partial charge >= 0.3 is 11.7 Å². The van der Waals surface area contributed by atoms with Gasteiger partial charge in [0.1, 0.15) is 11.9 Å². The maximum absolute atomic E-state index is 12.9. The van der Waals surface area contributed by atoms with Crippen molar-refractivity contribution in [3.05, 3.63) is 51.7 Å². The maximum Gasteiger partial charge on any atom is 0.346 e. The van der Waals surface area contributed by atoms with Crippen LogP contribution in [-0.2, 0) is 17.8 Å². The molecular weight excluding hydrogens is 348 g/mol. The van der Waals surface area contributed by atoms with Crippen LogP contribution in [0.2, 0.25) is 0 Å². The van der Waals surface area contributed by atoms with Crippen LogP contribution in [0.5, 0.6) is 0 Å². The van der Waals surface area contributed by atoms with E-state index in [-0.39, 0.29) is 23.7 Å². The number of aromatic carboxylic acids is 1. The van der Waals surface area contributed by atoms with E-state index in [4.69, 9.17) is 5.11 Å². The second-order valence-corrected chi connectivity index (χ2v) is 7.17. The number of hydrogen-bond donors (Lipinski definition) is 1. The monoisotopic (exact) mass is 370 g/mol. The molecule has 0 aliphatic carbocycles. The van der Waals surface area contributed by atoms with E-state index in [1.807, 2.05) is 4.90 Å². The van der Waals surface area contributed by atoms with Gasteiger partial charge in [0.15, 0.2) is 0 Å². The Balaban J connectivity index is 1.60. The van der Waals surface area contributed by atoms with Crippen LogP contribution < -0.4 is 5.69 Å². The van der Waals surface area contributed by atoms with Crippen LogP contribution in [0.1, 0.15) is 53.5 Å². The lowest BCUT2D eigenvalue weighted by atomic mass is 10.0. The highest BCUT2D eigenvalue weighted by atomic mass is 16.4. The number of carbonyl (C=O) groups excluding carboxylic acids is 1. The Hall–Kier alpha value is -2.90. The molecule has 27 heavy (non-hydrogen) atoms. The molecule has 1 saturated heterocycles. The second kappa shape index (κ2) is 7.02. The summed E-state index contributed by atoms with van der Waals surface area (Å²) in [4.78, 5) is 38.6. The molecule has 1 amide bonds. The molecule has 0 bridgehead atoms. The summed E-state index contributed by atoms with van der Waals surface area (Å²) in [6.45, 7) is 1.79. The normalized spacial score (nSPS) is 19.1. The predicted octanol–water partition coefficient (Wildman–Crippen LogP) is 1.29. The zero-order valence-corrected chi connectivity index (χ0v) is 15.0. The Morgan fingerprint density at radius 2 is 1.81 bits per heavy atom. The minimum atomic E-state index is -0.987. The summed E-state index contributed by atoms with van der Waals surface area (Å²) in [5.41, 5.74) is 0.719. The molecule has 1 unspecified atom stereocenters. The third-order valence-electron chi connectivity index (χ3n) is 5.37. The molecule has 1 atom stereocenters. The van der Waals surface area contributed by atoms with Gasteiger partial charge in [-0.3, -0.25) is 9.36 Å². The number of amides is 1. The maximum atomic E-state index is 12.9. The molecule has 3 heterocycles. The number of hydrogen-bond acceptors (Lipinski definition) is 4. The van der Waals surface area contributed by atoms with Gasteiger partial charge in [-0.25, -0.2) is 14.3 Å². The second-order valence-electron chi connectivity index (χ2n) is 7.17. The van der Waals surface area contributed by atoms with Crippen molar-refractivity contribution < 1.29 is 14.7 Å². The highest BCUT2D eigenvalue weighted by Gasteiger charge is 2.34. The Morgan fingerprint density at radius 1 is 1.11 bits per heavy atom. The summed E-state index contributed by atoms with van der Waals surface area (Å²) < 4.78 is 2.94. The standard InChI is InChI=1S/C19H22N4O4/c24-17(21-10-1-2-11-21)15-4-3-5-16-20-22(19(27)23(15)16)12-13-6-8-14(9-7-13)18(25)26/h6-9,15H,1-5,10-12H2,(H,25,26). The van der Waals surface area contributed by atoms with Crippen molar-refractivity contribution in [3.63, 3.8) is 0 Å². The first-order valence-electron chi connectivity index (χ1n) is 9.34. The van der Waals surface area contributed by atoms with Crippen LogP contribution >= 0.6 is 0 Å². The number of carboxylic acids is 1. The van der Waals surface area contributed by atoms with Crippen LogP contribution in [0.25, 0.3) is 0 Å². The molecule has 8 heteroatoms. The van der Waals surface area contributed by atoms with Crippen LogP contribution in [0.3, 0.4) is 0 Å². The molecule has 1 N–H and O–H groups in total.